The maximum atomic E-state index is 14.0. The van der Waals surface area contributed by atoms with Crippen molar-refractivity contribution in [1.82, 2.24) is 9.88 Å². The number of hydrogen-bond donors (Lipinski definition) is 1. The van der Waals surface area contributed by atoms with E-state index in [0.717, 1.165) is 41.3 Å². The number of hydrogen-bond acceptors (Lipinski definition) is 4. The lowest BCUT2D eigenvalue weighted by Crippen LogP contribution is -2.72. The number of amides is 2. The number of carbonyl (C=O) groups excluding carboxylic acids is 2. The van der Waals surface area contributed by atoms with Crippen molar-refractivity contribution in [2.75, 3.05) is 33.8 Å². The zero-order valence-corrected chi connectivity index (χ0v) is 29.4. The van der Waals surface area contributed by atoms with Crippen LogP contribution in [-0.4, -0.2) is 71.6 Å². The van der Waals surface area contributed by atoms with Crippen LogP contribution in [0.2, 0.25) is 0 Å². The van der Waals surface area contributed by atoms with Gasteiger partial charge in [-0.25, -0.2) is 4.98 Å². The van der Waals surface area contributed by atoms with Crippen molar-refractivity contribution in [2.24, 2.45) is 5.73 Å². The van der Waals surface area contributed by atoms with Crippen LogP contribution in [0.25, 0.3) is 10.8 Å². The minimum absolute atomic E-state index is 0.00556. The molecule has 1 saturated heterocycles. The quantitative estimate of drug-likeness (QED) is 0.119. The third kappa shape index (κ3) is 8.35. The topological polar surface area (TPSA) is 85.5 Å². The number of ether oxygens (including phenoxy) is 1. The first kappa shape index (κ1) is 38.6. The minimum atomic E-state index is -5.12. The Morgan fingerprint density at radius 3 is 2.19 bits per heavy atom. The molecule has 7 nitrogen and oxygen atoms in total. The van der Waals surface area contributed by atoms with Crippen molar-refractivity contribution >= 4 is 22.6 Å². The van der Waals surface area contributed by atoms with Gasteiger partial charge in [0.25, 0.3) is 11.8 Å². The van der Waals surface area contributed by atoms with Gasteiger partial charge in [-0.1, -0.05) is 61.9 Å². The third-order valence-electron chi connectivity index (χ3n) is 10.2. The van der Waals surface area contributed by atoms with E-state index in [1.54, 1.807) is 30.3 Å². The monoisotopic (exact) mass is 729 g/mol. The molecule has 0 spiro atoms. The van der Waals surface area contributed by atoms with Gasteiger partial charge in [0, 0.05) is 42.1 Å². The number of halogens is 6. The molecular formula is C39H43F6N4O3+. The Labute approximate surface area is 299 Å². The summed E-state index contributed by atoms with van der Waals surface area (Å²) in [6.45, 7) is 2.43. The van der Waals surface area contributed by atoms with E-state index < -0.39 is 52.4 Å². The molecule has 2 amide bonds. The molecule has 2 heterocycles. The summed E-state index contributed by atoms with van der Waals surface area (Å²) >= 11 is 0. The fourth-order valence-electron chi connectivity index (χ4n) is 7.14. The lowest BCUT2D eigenvalue weighted by Gasteiger charge is -2.52. The van der Waals surface area contributed by atoms with Crippen molar-refractivity contribution < 1.29 is 45.2 Å². The highest BCUT2D eigenvalue weighted by atomic mass is 19.4. The number of piperidine rings is 1. The smallest absolute Gasteiger partial charge is 0.416 e. The van der Waals surface area contributed by atoms with E-state index in [2.05, 4.69) is 6.92 Å². The Morgan fingerprint density at radius 1 is 0.942 bits per heavy atom. The second-order valence-electron chi connectivity index (χ2n) is 14.0. The van der Waals surface area contributed by atoms with Gasteiger partial charge in [-0.2, -0.15) is 26.3 Å². The highest BCUT2D eigenvalue weighted by molar-refractivity contribution is 5.95. The molecule has 4 aromatic rings. The first-order chi connectivity index (χ1) is 24.4. The van der Waals surface area contributed by atoms with Crippen LogP contribution in [0.3, 0.4) is 0 Å². The number of unbranched alkanes of at least 4 members (excludes halogenated alkanes) is 1. The zero-order valence-electron chi connectivity index (χ0n) is 29.4. The fraction of sp³-hybridized carbons (Fsp3) is 0.410. The summed E-state index contributed by atoms with van der Waals surface area (Å²) in [7, 11) is 3.66. The number of fused-ring (bicyclic) bond motifs is 1. The number of quaternary nitrogens is 1. The number of rotatable bonds is 12. The number of alkyl halides is 6. The molecule has 1 aliphatic heterocycles. The van der Waals surface area contributed by atoms with Crippen LogP contribution in [0, 0.1) is 0 Å². The predicted molar refractivity (Wildman–Crippen MR) is 185 cm³/mol. The lowest BCUT2D eigenvalue weighted by molar-refractivity contribution is -0.933. The molecule has 13 heteroatoms. The largest absolute Gasteiger partial charge is 0.471 e. The molecule has 52 heavy (non-hydrogen) atoms. The van der Waals surface area contributed by atoms with Crippen LogP contribution in [-0.2, 0) is 30.0 Å². The molecule has 0 aliphatic carbocycles. The number of aryl methyl sites for hydroxylation is 1. The summed E-state index contributed by atoms with van der Waals surface area (Å²) in [4.78, 5) is 33.5. The molecule has 0 radical (unpaired) electrons. The predicted octanol–water partition coefficient (Wildman–Crippen LogP) is 7.84. The summed E-state index contributed by atoms with van der Waals surface area (Å²) in [5.74, 6) is -1.16. The Hall–Kier alpha value is -4.65. The molecule has 1 aromatic heterocycles. The van der Waals surface area contributed by atoms with Gasteiger partial charge in [0.05, 0.1) is 25.2 Å². The second-order valence-corrected chi connectivity index (χ2v) is 14.0. The first-order valence-electron chi connectivity index (χ1n) is 17.2. The number of likely N-dealkylation sites (N-methyl/N-ethyl adjacent to an activating group) is 1. The van der Waals surface area contributed by atoms with Gasteiger partial charge in [-0.15, -0.1) is 0 Å². The SMILES string of the molecule is CCCCc1cc2ccccc2c(OCC[N+](C)(C)[C@@]2(C(N)=O)CCN(C(=O)c3cc(C(F)(F)F)cc(C(F)(F)F)c3)[C@H](Cc3ccccc3)C2)n1. The molecule has 0 unspecified atom stereocenters. The molecule has 2 N–H and O–H groups in total. The van der Waals surface area contributed by atoms with Gasteiger partial charge in [0.15, 0.2) is 5.54 Å². The molecule has 5 rings (SSSR count). The summed E-state index contributed by atoms with van der Waals surface area (Å²) < 4.78 is 88.7. The van der Waals surface area contributed by atoms with E-state index >= 15 is 0 Å². The van der Waals surface area contributed by atoms with E-state index in [-0.39, 0.29) is 43.0 Å². The van der Waals surface area contributed by atoms with Gasteiger partial charge in [-0.05, 0) is 60.5 Å². The van der Waals surface area contributed by atoms with Gasteiger partial charge < -0.3 is 19.9 Å². The van der Waals surface area contributed by atoms with Crippen LogP contribution < -0.4 is 10.5 Å². The summed E-state index contributed by atoms with van der Waals surface area (Å²) in [6, 6.07) is 18.8. The van der Waals surface area contributed by atoms with Gasteiger partial charge in [0.1, 0.15) is 13.2 Å². The molecular weight excluding hydrogens is 686 g/mol. The van der Waals surface area contributed by atoms with Crippen molar-refractivity contribution in [3.05, 3.63) is 107 Å². The number of nitrogens with two attached hydrogens (primary N) is 1. The van der Waals surface area contributed by atoms with Crippen LogP contribution in [0.5, 0.6) is 5.88 Å². The molecule has 1 aliphatic rings. The molecule has 2 atom stereocenters. The van der Waals surface area contributed by atoms with E-state index in [9.17, 15) is 35.9 Å². The average molecular weight is 730 g/mol. The molecule has 3 aromatic carbocycles. The third-order valence-corrected chi connectivity index (χ3v) is 10.2. The Morgan fingerprint density at radius 2 is 1.58 bits per heavy atom. The van der Waals surface area contributed by atoms with Gasteiger partial charge >= 0.3 is 12.4 Å². The second kappa shape index (κ2) is 15.1. The van der Waals surface area contributed by atoms with Crippen LogP contribution in [0.1, 0.15) is 65.3 Å². The highest BCUT2D eigenvalue weighted by Gasteiger charge is 2.56. The average Bonchev–Trinajstić information content (AvgIpc) is 3.09. The highest BCUT2D eigenvalue weighted by Crippen LogP contribution is 2.40. The van der Waals surface area contributed by atoms with E-state index in [4.69, 9.17) is 15.5 Å². The summed E-state index contributed by atoms with van der Waals surface area (Å²) in [5, 5.41) is 1.83. The number of carbonyl (C=O) groups is 2. The van der Waals surface area contributed by atoms with Crippen molar-refractivity contribution in [3.63, 3.8) is 0 Å². The Bertz CT molecular complexity index is 1860. The number of benzene rings is 3. The normalized spacial score (nSPS) is 18.4. The van der Waals surface area contributed by atoms with E-state index in [1.165, 1.54) is 4.90 Å². The Balaban J connectivity index is 1.45. The van der Waals surface area contributed by atoms with E-state index in [1.807, 2.05) is 44.4 Å². The van der Waals surface area contributed by atoms with Gasteiger partial charge in [-0.3, -0.25) is 9.59 Å². The molecule has 0 bridgehead atoms. The van der Waals surface area contributed by atoms with Crippen molar-refractivity contribution in [2.45, 2.75) is 69.4 Å². The van der Waals surface area contributed by atoms with Gasteiger partial charge in [0.2, 0.25) is 5.88 Å². The summed E-state index contributed by atoms with van der Waals surface area (Å²) in [6.07, 6.45) is -7.26. The number of likely N-dealkylation sites (tertiary alicyclic amines) is 1. The molecule has 0 saturated carbocycles. The molecule has 278 valence electrons. The van der Waals surface area contributed by atoms with Crippen molar-refractivity contribution in [1.29, 1.82) is 0 Å². The van der Waals surface area contributed by atoms with Crippen LogP contribution in [0.15, 0.2) is 78.9 Å². The Kier molecular flexibility index (Phi) is 11.2. The first-order valence-corrected chi connectivity index (χ1v) is 17.2. The number of primary amides is 1. The lowest BCUT2D eigenvalue weighted by atomic mass is 9.77. The maximum absolute atomic E-state index is 14.0. The zero-order chi connectivity index (χ0) is 37.9. The number of nitrogens with zero attached hydrogens (tertiary/aromatic N) is 3. The standard InChI is InChI=1S/C39H42F6N4O3/c1-4-5-14-31-23-27-13-9-10-15-33(27)34(47-31)52-19-18-49(2,3)37(36(46)51)16-17-48(32(25-37)20-26-11-7-6-8-12-26)35(50)28-21-29(38(40,41)42)24-30(22-28)39(43,44)45/h6-13,15,21-24,32H,4-5,14,16-20,25H2,1-3H3,(H-,46,51)/p+1/t32-,37+/m1/s1. The maximum Gasteiger partial charge on any atom is 0.416 e. The number of aromatic nitrogens is 1. The summed E-state index contributed by atoms with van der Waals surface area (Å²) in [5.41, 5.74) is 2.68. The van der Waals surface area contributed by atoms with E-state index in [0.29, 0.717) is 24.6 Å². The number of pyridine rings is 1. The molecule has 1 fully saturated rings. The van der Waals surface area contributed by atoms with Crippen molar-refractivity contribution in [3.8, 4) is 5.88 Å². The van der Waals surface area contributed by atoms with Crippen LogP contribution >= 0.6 is 0 Å². The van der Waals surface area contributed by atoms with Crippen LogP contribution in [0.4, 0.5) is 26.3 Å². The fourth-order valence-corrected chi connectivity index (χ4v) is 7.14. The minimum Gasteiger partial charge on any atom is -0.471 e.